The molecule has 1 fully saturated rings. The molecule has 1 N–H and O–H groups in total. The number of nitrogens with one attached hydrogen (secondary N) is 1. The van der Waals surface area contributed by atoms with E-state index in [9.17, 15) is 4.39 Å². The first-order chi connectivity index (χ1) is 9.79. The Labute approximate surface area is 116 Å². The fourth-order valence-electron chi connectivity index (χ4n) is 2.31. The van der Waals surface area contributed by atoms with Crippen molar-refractivity contribution in [1.82, 2.24) is 14.9 Å². The minimum atomic E-state index is -0.381. The van der Waals surface area contributed by atoms with Gasteiger partial charge in [0.05, 0.1) is 37.6 Å². The van der Waals surface area contributed by atoms with Crippen molar-refractivity contribution in [2.24, 2.45) is 0 Å². The maximum Gasteiger partial charge on any atom is 0.165 e. The molecule has 5 nitrogen and oxygen atoms in total. The monoisotopic (exact) mass is 277 g/mol. The molecule has 0 radical (unpaired) electrons. The molecule has 0 amide bonds. The highest BCUT2D eigenvalue weighted by Crippen LogP contribution is 2.25. The number of imidazole rings is 1. The van der Waals surface area contributed by atoms with E-state index in [-0.39, 0.29) is 17.7 Å². The van der Waals surface area contributed by atoms with E-state index in [1.807, 2.05) is 4.57 Å². The van der Waals surface area contributed by atoms with Crippen molar-refractivity contribution in [1.29, 1.82) is 0 Å². The second-order valence-electron chi connectivity index (χ2n) is 4.57. The van der Waals surface area contributed by atoms with Crippen molar-refractivity contribution >= 4 is 0 Å². The summed E-state index contributed by atoms with van der Waals surface area (Å²) in [6.45, 7) is 2.27. The van der Waals surface area contributed by atoms with Crippen LogP contribution < -0.4 is 10.1 Å². The molecule has 0 aliphatic carbocycles. The van der Waals surface area contributed by atoms with Gasteiger partial charge in [-0.3, -0.25) is 0 Å². The predicted octanol–water partition coefficient (Wildman–Crippen LogP) is 1.68. The Morgan fingerprint density at radius 3 is 3.15 bits per heavy atom. The molecule has 1 aromatic heterocycles. The lowest BCUT2D eigenvalue weighted by molar-refractivity contribution is 0.0240. The third-order valence-corrected chi connectivity index (χ3v) is 3.34. The summed E-state index contributed by atoms with van der Waals surface area (Å²) in [4.78, 5) is 4.17. The molecule has 2 aromatic rings. The van der Waals surface area contributed by atoms with Gasteiger partial charge >= 0.3 is 0 Å². The van der Waals surface area contributed by atoms with Gasteiger partial charge in [-0.2, -0.15) is 0 Å². The van der Waals surface area contributed by atoms with Crippen LogP contribution in [0.15, 0.2) is 30.7 Å². The molecule has 1 aliphatic rings. The molecular formula is C14H16FN3O2. The fourth-order valence-corrected chi connectivity index (χ4v) is 2.31. The van der Waals surface area contributed by atoms with Gasteiger partial charge in [-0.1, -0.05) is 0 Å². The van der Waals surface area contributed by atoms with Crippen LogP contribution in [0.4, 0.5) is 4.39 Å². The summed E-state index contributed by atoms with van der Waals surface area (Å²) in [6.07, 6.45) is 3.41. The Kier molecular flexibility index (Phi) is 3.66. The van der Waals surface area contributed by atoms with Crippen molar-refractivity contribution in [3.8, 4) is 11.4 Å². The molecule has 1 saturated heterocycles. The third kappa shape index (κ3) is 2.39. The van der Waals surface area contributed by atoms with Crippen LogP contribution in [-0.2, 0) is 4.74 Å². The highest BCUT2D eigenvalue weighted by Gasteiger charge is 2.20. The molecule has 1 aliphatic heterocycles. The summed E-state index contributed by atoms with van der Waals surface area (Å²) in [5, 5.41) is 3.28. The zero-order valence-electron chi connectivity index (χ0n) is 11.2. The molecule has 1 unspecified atom stereocenters. The van der Waals surface area contributed by atoms with Crippen molar-refractivity contribution in [3.63, 3.8) is 0 Å². The van der Waals surface area contributed by atoms with Gasteiger partial charge in [0.25, 0.3) is 0 Å². The number of halogens is 1. The highest BCUT2D eigenvalue weighted by molar-refractivity contribution is 5.41. The van der Waals surface area contributed by atoms with Gasteiger partial charge in [0.15, 0.2) is 11.6 Å². The molecule has 20 heavy (non-hydrogen) atoms. The van der Waals surface area contributed by atoms with Crippen molar-refractivity contribution in [2.45, 2.75) is 6.10 Å². The van der Waals surface area contributed by atoms with E-state index in [0.717, 1.165) is 24.5 Å². The molecule has 6 heteroatoms. The number of rotatable bonds is 3. The SMILES string of the molecule is COc1cc(-n2cncc2C2CNCCO2)ccc1F. The first-order valence-electron chi connectivity index (χ1n) is 6.48. The van der Waals surface area contributed by atoms with E-state index in [2.05, 4.69) is 10.3 Å². The zero-order chi connectivity index (χ0) is 13.9. The number of ether oxygens (including phenoxy) is 2. The standard InChI is InChI=1S/C14H16FN3O2/c1-19-13-6-10(2-3-11(13)15)18-9-17-7-12(18)14-8-16-4-5-20-14/h2-3,6-7,9,14,16H,4-5,8H2,1H3. The summed E-state index contributed by atoms with van der Waals surface area (Å²) in [7, 11) is 1.45. The van der Waals surface area contributed by atoms with E-state index in [4.69, 9.17) is 9.47 Å². The number of hydrogen-bond donors (Lipinski definition) is 1. The van der Waals surface area contributed by atoms with Crippen LogP contribution in [0.2, 0.25) is 0 Å². The summed E-state index contributed by atoms with van der Waals surface area (Å²) in [6, 6.07) is 4.73. The molecule has 106 valence electrons. The minimum Gasteiger partial charge on any atom is -0.494 e. The Hall–Kier alpha value is -1.92. The van der Waals surface area contributed by atoms with Gasteiger partial charge in [0.1, 0.15) is 6.10 Å². The van der Waals surface area contributed by atoms with E-state index in [1.54, 1.807) is 24.7 Å². The molecular weight excluding hydrogens is 261 g/mol. The van der Waals surface area contributed by atoms with E-state index < -0.39 is 0 Å². The van der Waals surface area contributed by atoms with Crippen LogP contribution in [-0.4, -0.2) is 36.4 Å². The topological polar surface area (TPSA) is 48.3 Å². The largest absolute Gasteiger partial charge is 0.494 e. The first kappa shape index (κ1) is 13.1. The summed E-state index contributed by atoms with van der Waals surface area (Å²) >= 11 is 0. The van der Waals surface area contributed by atoms with E-state index in [1.165, 1.54) is 13.2 Å². The Bertz CT molecular complexity index is 594. The van der Waals surface area contributed by atoms with Gasteiger partial charge in [0.2, 0.25) is 0 Å². The molecule has 0 saturated carbocycles. The average molecular weight is 277 g/mol. The lowest BCUT2D eigenvalue weighted by Gasteiger charge is -2.24. The van der Waals surface area contributed by atoms with Gasteiger partial charge in [-0.25, -0.2) is 9.37 Å². The van der Waals surface area contributed by atoms with Crippen LogP contribution in [0, 0.1) is 5.82 Å². The van der Waals surface area contributed by atoms with Gasteiger partial charge in [-0.05, 0) is 12.1 Å². The lowest BCUT2D eigenvalue weighted by Crippen LogP contribution is -2.34. The predicted molar refractivity (Wildman–Crippen MR) is 71.6 cm³/mol. The molecule has 3 rings (SSSR count). The fraction of sp³-hybridized carbons (Fsp3) is 0.357. The molecule has 1 aromatic carbocycles. The summed E-state index contributed by atoms with van der Waals surface area (Å²) in [5.41, 5.74) is 1.73. The van der Waals surface area contributed by atoms with E-state index in [0.29, 0.717) is 6.61 Å². The van der Waals surface area contributed by atoms with Crippen molar-refractivity contribution in [2.75, 3.05) is 26.8 Å². The number of benzene rings is 1. The van der Waals surface area contributed by atoms with Gasteiger partial charge in [0, 0.05) is 19.2 Å². The van der Waals surface area contributed by atoms with Crippen LogP contribution in [0.5, 0.6) is 5.75 Å². The molecule has 0 spiro atoms. The van der Waals surface area contributed by atoms with Crippen LogP contribution in [0.25, 0.3) is 5.69 Å². The maximum atomic E-state index is 13.5. The third-order valence-electron chi connectivity index (χ3n) is 3.34. The van der Waals surface area contributed by atoms with Crippen molar-refractivity contribution in [3.05, 3.63) is 42.2 Å². The Morgan fingerprint density at radius 2 is 2.40 bits per heavy atom. The average Bonchev–Trinajstić information content (AvgIpc) is 2.98. The van der Waals surface area contributed by atoms with Gasteiger partial charge in [-0.15, -0.1) is 0 Å². The normalized spacial score (nSPS) is 19.0. The molecule has 0 bridgehead atoms. The maximum absolute atomic E-state index is 13.5. The lowest BCUT2D eigenvalue weighted by atomic mass is 10.2. The van der Waals surface area contributed by atoms with Crippen LogP contribution in [0.3, 0.4) is 0 Å². The van der Waals surface area contributed by atoms with Crippen molar-refractivity contribution < 1.29 is 13.9 Å². The number of nitrogens with zero attached hydrogens (tertiary/aromatic N) is 2. The number of methoxy groups -OCH3 is 1. The smallest absolute Gasteiger partial charge is 0.165 e. The zero-order valence-corrected chi connectivity index (χ0v) is 11.2. The first-order valence-corrected chi connectivity index (χ1v) is 6.48. The summed E-state index contributed by atoms with van der Waals surface area (Å²) in [5.74, 6) is -0.168. The quantitative estimate of drug-likeness (QED) is 0.927. The number of aromatic nitrogens is 2. The number of hydrogen-bond acceptors (Lipinski definition) is 4. The van der Waals surface area contributed by atoms with Crippen LogP contribution >= 0.6 is 0 Å². The van der Waals surface area contributed by atoms with Gasteiger partial charge < -0.3 is 19.4 Å². The molecule has 2 heterocycles. The van der Waals surface area contributed by atoms with Crippen LogP contribution in [0.1, 0.15) is 11.8 Å². The van der Waals surface area contributed by atoms with E-state index >= 15 is 0 Å². The summed E-state index contributed by atoms with van der Waals surface area (Å²) < 4.78 is 26.1. The minimum absolute atomic E-state index is 0.0534. The Balaban J connectivity index is 1.96. The second-order valence-corrected chi connectivity index (χ2v) is 4.57. The molecule has 1 atom stereocenters. The highest BCUT2D eigenvalue weighted by atomic mass is 19.1. The Morgan fingerprint density at radius 1 is 1.50 bits per heavy atom. The second kappa shape index (κ2) is 5.60. The number of morpholine rings is 1.